The number of benzene rings is 1. The number of amides is 2. The number of ether oxygens (including phenoxy) is 1. The Morgan fingerprint density at radius 3 is 2.54 bits per heavy atom. The Balaban J connectivity index is 0.00000392. The molecular weight excluding hydrogens is 473 g/mol. The predicted molar refractivity (Wildman–Crippen MR) is 120 cm³/mol. The largest absolute Gasteiger partial charge is 0.377 e. The Labute approximate surface area is 183 Å². The maximum absolute atomic E-state index is 12.5. The molecule has 0 saturated carbocycles. The molecule has 1 aliphatic rings. The van der Waals surface area contributed by atoms with Crippen molar-refractivity contribution in [2.45, 2.75) is 26.0 Å². The van der Waals surface area contributed by atoms with Crippen molar-refractivity contribution < 1.29 is 14.3 Å². The van der Waals surface area contributed by atoms with Gasteiger partial charge in [-0.25, -0.2) is 0 Å². The van der Waals surface area contributed by atoms with Crippen LogP contribution in [0.15, 0.2) is 29.3 Å². The average molecular weight is 503 g/mol. The zero-order chi connectivity index (χ0) is 19.9. The smallest absolute Gasteiger partial charge is 0.254 e. The molecule has 1 aliphatic heterocycles. The van der Waals surface area contributed by atoms with Crippen LogP contribution >= 0.6 is 24.0 Å². The molecule has 0 spiro atoms. The van der Waals surface area contributed by atoms with Crippen molar-refractivity contribution in [2.75, 3.05) is 40.3 Å². The minimum absolute atomic E-state index is 0. The Kier molecular flexibility index (Phi) is 9.66. The van der Waals surface area contributed by atoms with Gasteiger partial charge in [-0.15, -0.1) is 24.0 Å². The molecule has 1 aromatic rings. The van der Waals surface area contributed by atoms with Gasteiger partial charge in [0.15, 0.2) is 5.96 Å². The SMILES string of the molecule is CN=C(NCc1ccc(C(=O)N2CCNC(=O)C2)cc1)NCC(C)(C)OC.I. The van der Waals surface area contributed by atoms with Crippen LogP contribution in [0.2, 0.25) is 0 Å². The quantitative estimate of drug-likeness (QED) is 0.306. The van der Waals surface area contributed by atoms with E-state index in [2.05, 4.69) is 20.9 Å². The number of piperazine rings is 1. The number of hydrogen-bond acceptors (Lipinski definition) is 4. The number of hydrogen-bond donors (Lipinski definition) is 3. The van der Waals surface area contributed by atoms with Crippen LogP contribution in [0.25, 0.3) is 0 Å². The lowest BCUT2D eigenvalue weighted by Gasteiger charge is -2.26. The van der Waals surface area contributed by atoms with Gasteiger partial charge < -0.3 is 25.6 Å². The third kappa shape index (κ3) is 7.27. The topological polar surface area (TPSA) is 95.1 Å². The maximum Gasteiger partial charge on any atom is 0.254 e. The highest BCUT2D eigenvalue weighted by Crippen LogP contribution is 2.09. The zero-order valence-electron chi connectivity index (χ0n) is 16.9. The van der Waals surface area contributed by atoms with Crippen LogP contribution in [-0.4, -0.2) is 68.6 Å². The number of guanidine groups is 1. The molecule has 2 amide bonds. The van der Waals surface area contributed by atoms with Crippen LogP contribution in [0.5, 0.6) is 0 Å². The highest BCUT2D eigenvalue weighted by Gasteiger charge is 2.22. The van der Waals surface area contributed by atoms with Gasteiger partial charge in [-0.3, -0.25) is 14.6 Å². The molecule has 1 fully saturated rings. The number of methoxy groups -OCH3 is 1. The van der Waals surface area contributed by atoms with Crippen LogP contribution < -0.4 is 16.0 Å². The standard InChI is InChI=1S/C19H29N5O3.HI/c1-19(2,27-4)13-23-18(20-3)22-11-14-5-7-15(8-6-14)17(26)24-10-9-21-16(25)12-24;/h5-8H,9-13H2,1-4H3,(H,21,25)(H2,20,22,23);1H. The second-order valence-corrected chi connectivity index (χ2v) is 7.02. The fraction of sp³-hybridized carbons (Fsp3) is 0.526. The number of carbonyl (C=O) groups excluding carboxylic acids is 2. The summed E-state index contributed by atoms with van der Waals surface area (Å²) in [5.74, 6) is 0.439. The first-order chi connectivity index (χ1) is 12.8. The number of aliphatic imine (C=N–C) groups is 1. The van der Waals surface area contributed by atoms with E-state index in [0.29, 0.717) is 37.7 Å². The number of rotatable bonds is 6. The zero-order valence-corrected chi connectivity index (χ0v) is 19.2. The average Bonchev–Trinajstić information content (AvgIpc) is 2.68. The molecule has 1 heterocycles. The van der Waals surface area contributed by atoms with Crippen molar-refractivity contribution in [2.24, 2.45) is 4.99 Å². The molecule has 0 radical (unpaired) electrons. The van der Waals surface area contributed by atoms with Gasteiger partial charge in [0.05, 0.1) is 12.1 Å². The predicted octanol–water partition coefficient (Wildman–Crippen LogP) is 0.967. The van der Waals surface area contributed by atoms with E-state index in [-0.39, 0.29) is 47.9 Å². The highest BCUT2D eigenvalue weighted by atomic mass is 127. The third-order valence-corrected chi connectivity index (χ3v) is 4.44. The fourth-order valence-corrected chi connectivity index (χ4v) is 2.53. The molecule has 3 N–H and O–H groups in total. The molecule has 156 valence electrons. The van der Waals surface area contributed by atoms with E-state index in [9.17, 15) is 9.59 Å². The molecule has 28 heavy (non-hydrogen) atoms. The molecule has 8 nitrogen and oxygen atoms in total. The molecule has 0 aliphatic carbocycles. The molecule has 0 unspecified atom stereocenters. The van der Waals surface area contributed by atoms with Crippen molar-refractivity contribution in [1.29, 1.82) is 0 Å². The third-order valence-electron chi connectivity index (χ3n) is 4.44. The molecular formula is C19H30IN5O3. The number of nitrogens with zero attached hydrogens (tertiary/aromatic N) is 2. The highest BCUT2D eigenvalue weighted by molar-refractivity contribution is 14.0. The summed E-state index contributed by atoms with van der Waals surface area (Å²) in [5.41, 5.74) is 1.32. The normalized spacial score (nSPS) is 14.8. The van der Waals surface area contributed by atoms with E-state index in [1.54, 1.807) is 31.2 Å². The van der Waals surface area contributed by atoms with Gasteiger partial charge in [0.1, 0.15) is 0 Å². The van der Waals surface area contributed by atoms with Crippen molar-refractivity contribution in [3.05, 3.63) is 35.4 Å². The first kappa shape index (κ1) is 24.2. The molecule has 1 aromatic carbocycles. The molecule has 0 bridgehead atoms. The molecule has 2 rings (SSSR count). The Hall–Kier alpha value is -1.88. The lowest BCUT2D eigenvalue weighted by Crippen LogP contribution is -2.49. The lowest BCUT2D eigenvalue weighted by molar-refractivity contribution is -0.123. The van der Waals surface area contributed by atoms with Gasteiger partial charge >= 0.3 is 0 Å². The van der Waals surface area contributed by atoms with Crippen molar-refractivity contribution in [3.8, 4) is 0 Å². The summed E-state index contributed by atoms with van der Waals surface area (Å²) >= 11 is 0. The van der Waals surface area contributed by atoms with Crippen LogP contribution in [0.1, 0.15) is 29.8 Å². The summed E-state index contributed by atoms with van der Waals surface area (Å²) < 4.78 is 5.38. The molecule has 0 atom stereocenters. The molecule has 9 heteroatoms. The summed E-state index contributed by atoms with van der Waals surface area (Å²) in [5, 5.41) is 9.18. The maximum atomic E-state index is 12.5. The summed E-state index contributed by atoms with van der Waals surface area (Å²) in [6, 6.07) is 7.37. The van der Waals surface area contributed by atoms with E-state index >= 15 is 0 Å². The van der Waals surface area contributed by atoms with E-state index in [1.807, 2.05) is 26.0 Å². The summed E-state index contributed by atoms with van der Waals surface area (Å²) in [6.07, 6.45) is 0. The van der Waals surface area contributed by atoms with E-state index in [0.717, 1.165) is 5.56 Å². The van der Waals surface area contributed by atoms with Crippen molar-refractivity contribution in [3.63, 3.8) is 0 Å². The number of carbonyl (C=O) groups is 2. The van der Waals surface area contributed by atoms with Gasteiger partial charge in [-0.1, -0.05) is 12.1 Å². The van der Waals surface area contributed by atoms with Gasteiger partial charge in [0.2, 0.25) is 5.91 Å². The Morgan fingerprint density at radius 2 is 1.96 bits per heavy atom. The number of halogens is 1. The fourth-order valence-electron chi connectivity index (χ4n) is 2.53. The molecule has 1 saturated heterocycles. The Morgan fingerprint density at radius 1 is 1.29 bits per heavy atom. The first-order valence-electron chi connectivity index (χ1n) is 8.99. The number of nitrogens with one attached hydrogen (secondary N) is 3. The second kappa shape index (κ2) is 11.2. The van der Waals surface area contributed by atoms with Crippen LogP contribution in [0, 0.1) is 0 Å². The monoisotopic (exact) mass is 503 g/mol. The summed E-state index contributed by atoms with van der Waals surface area (Å²) in [4.78, 5) is 29.7. The summed E-state index contributed by atoms with van der Waals surface area (Å²) in [7, 11) is 3.39. The van der Waals surface area contributed by atoms with Gasteiger partial charge in [-0.2, -0.15) is 0 Å². The van der Waals surface area contributed by atoms with Crippen LogP contribution in [-0.2, 0) is 16.1 Å². The minimum Gasteiger partial charge on any atom is -0.377 e. The summed E-state index contributed by atoms with van der Waals surface area (Å²) in [6.45, 7) is 6.34. The van der Waals surface area contributed by atoms with Crippen LogP contribution in [0.4, 0.5) is 0 Å². The lowest BCUT2D eigenvalue weighted by atomic mass is 10.1. The van der Waals surface area contributed by atoms with Gasteiger partial charge in [0, 0.05) is 45.9 Å². The molecule has 0 aromatic heterocycles. The van der Waals surface area contributed by atoms with Gasteiger partial charge in [-0.05, 0) is 31.5 Å². The van der Waals surface area contributed by atoms with Gasteiger partial charge in [0.25, 0.3) is 5.91 Å². The first-order valence-corrected chi connectivity index (χ1v) is 8.99. The van der Waals surface area contributed by atoms with E-state index < -0.39 is 0 Å². The Bertz CT molecular complexity index is 691. The van der Waals surface area contributed by atoms with Crippen LogP contribution in [0.3, 0.4) is 0 Å². The van der Waals surface area contributed by atoms with E-state index in [4.69, 9.17) is 4.74 Å². The second-order valence-electron chi connectivity index (χ2n) is 7.02. The van der Waals surface area contributed by atoms with Crippen molar-refractivity contribution >= 4 is 41.8 Å². The minimum atomic E-state index is -0.287. The van der Waals surface area contributed by atoms with E-state index in [1.165, 1.54) is 0 Å². The van der Waals surface area contributed by atoms with Crippen molar-refractivity contribution in [1.82, 2.24) is 20.9 Å².